The van der Waals surface area contributed by atoms with Crippen LogP contribution in [0.1, 0.15) is 40.5 Å². The number of aliphatic hydroxyl groups is 1. The van der Waals surface area contributed by atoms with Crippen molar-refractivity contribution in [2.75, 3.05) is 18.5 Å². The lowest BCUT2D eigenvalue weighted by Crippen LogP contribution is -2.35. The van der Waals surface area contributed by atoms with E-state index < -0.39 is 0 Å². The predicted molar refractivity (Wildman–Crippen MR) is 79.2 cm³/mol. The number of aliphatic hydroxyl groups excluding tert-OH is 1. The molecule has 1 rings (SSSR count). The van der Waals surface area contributed by atoms with Crippen LogP contribution in [0.3, 0.4) is 0 Å². The first-order valence-electron chi connectivity index (χ1n) is 6.78. The Morgan fingerprint density at radius 1 is 1.30 bits per heavy atom. The summed E-state index contributed by atoms with van der Waals surface area (Å²) in [5.74, 6) is 0.365. The van der Waals surface area contributed by atoms with Gasteiger partial charge in [0.1, 0.15) is 0 Å². The normalized spacial score (nSPS) is 13.1. The maximum Gasteiger partial charge on any atom is 0.322 e. The van der Waals surface area contributed by atoms with Crippen molar-refractivity contribution in [3.05, 3.63) is 5.28 Å². The smallest absolute Gasteiger partial charge is 0.322 e. The summed E-state index contributed by atoms with van der Waals surface area (Å²) >= 11 is 5.87. The molecule has 0 spiro atoms. The van der Waals surface area contributed by atoms with Crippen molar-refractivity contribution in [2.24, 2.45) is 5.41 Å². The molecule has 6 nitrogen and oxygen atoms in total. The number of ether oxygens (including phenoxy) is 1. The number of nitrogens with one attached hydrogen (secondary N) is 1. The summed E-state index contributed by atoms with van der Waals surface area (Å²) in [6.07, 6.45) is 1.46. The van der Waals surface area contributed by atoms with Crippen LogP contribution < -0.4 is 10.1 Å². The van der Waals surface area contributed by atoms with Crippen LogP contribution in [0.2, 0.25) is 5.28 Å². The van der Waals surface area contributed by atoms with Crippen LogP contribution in [0.5, 0.6) is 6.01 Å². The standard InChI is InChI=1S/C13H23ClN4O2/c1-5-8-20-12-17-10(14)16-11(18-12)15-9(6-7-19)13(2,3)4/h9,19H,5-8H2,1-4H3,(H,15,16,17,18). The first-order valence-corrected chi connectivity index (χ1v) is 7.16. The van der Waals surface area contributed by atoms with Crippen LogP contribution in [0.15, 0.2) is 0 Å². The molecule has 0 aliphatic carbocycles. The summed E-state index contributed by atoms with van der Waals surface area (Å²) in [6, 6.07) is 0.232. The Morgan fingerprint density at radius 2 is 2.00 bits per heavy atom. The number of anilines is 1. The molecule has 0 aliphatic rings. The van der Waals surface area contributed by atoms with Gasteiger partial charge in [0.15, 0.2) is 0 Å². The molecule has 0 amide bonds. The maximum absolute atomic E-state index is 9.16. The molecule has 1 unspecified atom stereocenters. The van der Waals surface area contributed by atoms with Gasteiger partial charge in [-0.25, -0.2) is 0 Å². The number of halogens is 1. The Hall–Kier alpha value is -1.14. The molecule has 0 aliphatic heterocycles. The number of hydrogen-bond acceptors (Lipinski definition) is 6. The second kappa shape index (κ2) is 7.59. The molecule has 2 N–H and O–H groups in total. The molecule has 20 heavy (non-hydrogen) atoms. The molecule has 0 bridgehead atoms. The van der Waals surface area contributed by atoms with Crippen LogP contribution in [0.4, 0.5) is 5.95 Å². The SMILES string of the molecule is CCCOc1nc(Cl)nc(NC(CCO)C(C)(C)C)n1. The highest BCUT2D eigenvalue weighted by molar-refractivity contribution is 6.28. The summed E-state index contributed by atoms with van der Waals surface area (Å²) < 4.78 is 5.37. The predicted octanol–water partition coefficient (Wildman–Crippen LogP) is 2.52. The first kappa shape index (κ1) is 16.9. The molecule has 1 atom stereocenters. The lowest BCUT2D eigenvalue weighted by molar-refractivity contribution is 0.234. The summed E-state index contributed by atoms with van der Waals surface area (Å²) in [7, 11) is 0. The van der Waals surface area contributed by atoms with Gasteiger partial charge in [-0.2, -0.15) is 15.0 Å². The Labute approximate surface area is 125 Å². The zero-order chi connectivity index (χ0) is 15.2. The monoisotopic (exact) mass is 302 g/mol. The van der Waals surface area contributed by atoms with E-state index in [2.05, 4.69) is 41.0 Å². The van der Waals surface area contributed by atoms with Crippen molar-refractivity contribution in [2.45, 2.75) is 46.6 Å². The Morgan fingerprint density at radius 3 is 2.55 bits per heavy atom. The molecule has 0 fully saturated rings. The highest BCUT2D eigenvalue weighted by Crippen LogP contribution is 2.25. The van der Waals surface area contributed by atoms with Gasteiger partial charge < -0.3 is 15.2 Å². The summed E-state index contributed by atoms with van der Waals surface area (Å²) in [6.45, 7) is 8.86. The lowest BCUT2D eigenvalue weighted by Gasteiger charge is -2.31. The van der Waals surface area contributed by atoms with Gasteiger partial charge >= 0.3 is 6.01 Å². The summed E-state index contributed by atoms with van der Waals surface area (Å²) in [4.78, 5) is 12.2. The minimum absolute atomic E-state index is 0.0185. The van der Waals surface area contributed by atoms with E-state index in [4.69, 9.17) is 21.4 Å². The van der Waals surface area contributed by atoms with Crippen molar-refractivity contribution in [3.8, 4) is 6.01 Å². The highest BCUT2D eigenvalue weighted by Gasteiger charge is 2.25. The minimum Gasteiger partial charge on any atom is -0.463 e. The second-order valence-electron chi connectivity index (χ2n) is 5.63. The van der Waals surface area contributed by atoms with Gasteiger partial charge in [0.25, 0.3) is 0 Å². The molecule has 0 radical (unpaired) electrons. The Kier molecular flexibility index (Phi) is 6.42. The topological polar surface area (TPSA) is 80.2 Å². The third-order valence-electron chi connectivity index (χ3n) is 2.79. The van der Waals surface area contributed by atoms with Crippen LogP contribution >= 0.6 is 11.6 Å². The van der Waals surface area contributed by atoms with Gasteiger partial charge in [-0.1, -0.05) is 27.7 Å². The van der Waals surface area contributed by atoms with Crippen LogP contribution in [-0.4, -0.2) is 39.3 Å². The van der Waals surface area contributed by atoms with Gasteiger partial charge in [0.2, 0.25) is 11.2 Å². The summed E-state index contributed by atoms with van der Waals surface area (Å²) in [5, 5.41) is 12.4. The molecule has 1 aromatic heterocycles. The van der Waals surface area contributed by atoms with E-state index in [1.807, 2.05) is 6.92 Å². The molecule has 1 aromatic rings. The first-order chi connectivity index (χ1) is 9.36. The fourth-order valence-corrected chi connectivity index (χ4v) is 1.81. The third-order valence-corrected chi connectivity index (χ3v) is 2.96. The molecule has 0 saturated carbocycles. The highest BCUT2D eigenvalue weighted by atomic mass is 35.5. The number of aromatic nitrogens is 3. The van der Waals surface area contributed by atoms with Crippen molar-refractivity contribution < 1.29 is 9.84 Å². The Bertz CT molecular complexity index is 423. The fraction of sp³-hybridized carbons (Fsp3) is 0.769. The van der Waals surface area contributed by atoms with Gasteiger partial charge in [-0.05, 0) is 29.9 Å². The number of nitrogens with zero attached hydrogens (tertiary/aromatic N) is 3. The van der Waals surface area contributed by atoms with E-state index in [1.54, 1.807) is 0 Å². The van der Waals surface area contributed by atoms with E-state index in [1.165, 1.54) is 0 Å². The average Bonchev–Trinajstić information content (AvgIpc) is 2.34. The van der Waals surface area contributed by atoms with Crippen LogP contribution in [0, 0.1) is 5.41 Å². The van der Waals surface area contributed by atoms with Crippen molar-refractivity contribution in [1.29, 1.82) is 0 Å². The Balaban J connectivity index is 2.86. The van der Waals surface area contributed by atoms with Crippen molar-refractivity contribution in [3.63, 3.8) is 0 Å². The molecule has 1 heterocycles. The van der Waals surface area contributed by atoms with Crippen molar-refractivity contribution >= 4 is 17.5 Å². The molecule has 114 valence electrons. The molecule has 0 aromatic carbocycles. The van der Waals surface area contributed by atoms with Gasteiger partial charge in [-0.3, -0.25) is 0 Å². The molecule has 7 heteroatoms. The number of rotatable bonds is 7. The van der Waals surface area contributed by atoms with Crippen LogP contribution in [-0.2, 0) is 0 Å². The zero-order valence-corrected chi connectivity index (χ0v) is 13.2. The van der Waals surface area contributed by atoms with Crippen molar-refractivity contribution in [1.82, 2.24) is 15.0 Å². The summed E-state index contributed by atoms with van der Waals surface area (Å²) in [5.41, 5.74) is -0.0493. The van der Waals surface area contributed by atoms with E-state index >= 15 is 0 Å². The van der Waals surface area contributed by atoms with E-state index in [0.717, 1.165) is 6.42 Å². The van der Waals surface area contributed by atoms with Crippen LogP contribution in [0.25, 0.3) is 0 Å². The molecular weight excluding hydrogens is 280 g/mol. The van der Waals surface area contributed by atoms with Gasteiger partial charge in [0.05, 0.1) is 6.61 Å². The quantitative estimate of drug-likeness (QED) is 0.805. The molecule has 0 saturated heterocycles. The third kappa shape index (κ3) is 5.46. The minimum atomic E-state index is -0.0493. The van der Waals surface area contributed by atoms with E-state index in [-0.39, 0.29) is 29.4 Å². The lowest BCUT2D eigenvalue weighted by atomic mass is 9.85. The van der Waals surface area contributed by atoms with E-state index in [9.17, 15) is 0 Å². The van der Waals surface area contributed by atoms with Gasteiger partial charge in [-0.15, -0.1) is 0 Å². The zero-order valence-electron chi connectivity index (χ0n) is 12.5. The number of hydrogen-bond donors (Lipinski definition) is 2. The fourth-order valence-electron chi connectivity index (χ4n) is 1.66. The largest absolute Gasteiger partial charge is 0.463 e. The maximum atomic E-state index is 9.16. The van der Waals surface area contributed by atoms with Gasteiger partial charge in [0, 0.05) is 12.6 Å². The van der Waals surface area contributed by atoms with E-state index in [0.29, 0.717) is 19.0 Å². The average molecular weight is 303 g/mol. The molecular formula is C13H23ClN4O2. The second-order valence-corrected chi connectivity index (χ2v) is 5.97.